The molecule has 1 aromatic rings. The van der Waals surface area contributed by atoms with E-state index in [-0.39, 0.29) is 12.5 Å². The van der Waals surface area contributed by atoms with Gasteiger partial charge in [0.2, 0.25) is 5.91 Å². The molecule has 0 unspecified atom stereocenters. The highest BCUT2D eigenvalue weighted by molar-refractivity contribution is 5.92. The second kappa shape index (κ2) is 12.0. The van der Waals surface area contributed by atoms with Crippen LogP contribution in [-0.2, 0) is 14.3 Å². The molecule has 0 atom stereocenters. The van der Waals surface area contributed by atoms with E-state index in [4.69, 9.17) is 14.2 Å². The number of ether oxygens (including phenoxy) is 3. The van der Waals surface area contributed by atoms with Gasteiger partial charge < -0.3 is 24.8 Å². The number of benzene rings is 1. The number of amides is 1. The minimum atomic E-state index is -0.0672. The fourth-order valence-electron chi connectivity index (χ4n) is 1.75. The van der Waals surface area contributed by atoms with E-state index in [0.29, 0.717) is 26.4 Å². The molecule has 0 aliphatic rings. The molecule has 0 saturated heterocycles. The van der Waals surface area contributed by atoms with Crippen molar-refractivity contribution < 1.29 is 19.0 Å². The zero-order valence-electron chi connectivity index (χ0n) is 13.4. The van der Waals surface area contributed by atoms with Crippen molar-refractivity contribution in [2.75, 3.05) is 51.9 Å². The van der Waals surface area contributed by atoms with Crippen molar-refractivity contribution in [3.8, 4) is 5.75 Å². The Kier molecular flexibility index (Phi) is 10.0. The van der Waals surface area contributed by atoms with E-state index in [1.807, 2.05) is 31.2 Å². The molecule has 2 N–H and O–H groups in total. The quantitative estimate of drug-likeness (QED) is 0.575. The molecule has 124 valence electrons. The molecule has 0 bridgehead atoms. The largest absolute Gasteiger partial charge is 0.491 e. The minimum Gasteiger partial charge on any atom is -0.491 e. The number of hydrogen-bond donors (Lipinski definition) is 2. The summed E-state index contributed by atoms with van der Waals surface area (Å²) < 4.78 is 15.6. The van der Waals surface area contributed by atoms with Crippen LogP contribution in [0.15, 0.2) is 24.3 Å². The van der Waals surface area contributed by atoms with Crippen LogP contribution in [0.5, 0.6) is 5.75 Å². The Morgan fingerprint density at radius 3 is 2.59 bits per heavy atom. The summed E-state index contributed by atoms with van der Waals surface area (Å²) in [6.07, 6.45) is 0.886. The molecule has 22 heavy (non-hydrogen) atoms. The number of rotatable bonds is 12. The van der Waals surface area contributed by atoms with Crippen LogP contribution in [0.4, 0.5) is 5.69 Å². The van der Waals surface area contributed by atoms with E-state index in [0.717, 1.165) is 24.4 Å². The highest BCUT2D eigenvalue weighted by Gasteiger charge is 2.02. The summed E-state index contributed by atoms with van der Waals surface area (Å²) in [5.41, 5.74) is 0.751. The molecule has 1 rings (SSSR count). The summed E-state index contributed by atoms with van der Waals surface area (Å²) in [6, 6.07) is 7.29. The summed E-state index contributed by atoms with van der Waals surface area (Å²) in [5.74, 6) is 0.692. The van der Waals surface area contributed by atoms with Crippen LogP contribution >= 0.6 is 0 Å². The lowest BCUT2D eigenvalue weighted by Crippen LogP contribution is -2.29. The maximum Gasteiger partial charge on any atom is 0.238 e. The van der Waals surface area contributed by atoms with Crippen molar-refractivity contribution in [3.05, 3.63) is 24.3 Å². The standard InChI is InChI=1S/C16H26N2O4/c1-3-21-11-12-22-15-7-5-14(6-8-15)18-16(19)13-17-9-4-10-20-2/h5-8,17H,3-4,9-13H2,1-2H3,(H,18,19). The third-order valence-electron chi connectivity index (χ3n) is 2.83. The van der Waals surface area contributed by atoms with Crippen LogP contribution < -0.4 is 15.4 Å². The Morgan fingerprint density at radius 2 is 1.91 bits per heavy atom. The molecule has 0 saturated carbocycles. The molecule has 0 radical (unpaired) electrons. The van der Waals surface area contributed by atoms with E-state index in [2.05, 4.69) is 10.6 Å². The third-order valence-corrected chi connectivity index (χ3v) is 2.83. The van der Waals surface area contributed by atoms with Gasteiger partial charge in [0.15, 0.2) is 0 Å². The smallest absolute Gasteiger partial charge is 0.238 e. The predicted octanol–water partition coefficient (Wildman–Crippen LogP) is 1.67. The minimum absolute atomic E-state index is 0.0672. The monoisotopic (exact) mass is 310 g/mol. The van der Waals surface area contributed by atoms with E-state index >= 15 is 0 Å². The van der Waals surface area contributed by atoms with E-state index < -0.39 is 0 Å². The van der Waals surface area contributed by atoms with Gasteiger partial charge in [-0.2, -0.15) is 0 Å². The lowest BCUT2D eigenvalue weighted by molar-refractivity contribution is -0.115. The van der Waals surface area contributed by atoms with Gasteiger partial charge in [0, 0.05) is 26.0 Å². The number of methoxy groups -OCH3 is 1. The highest BCUT2D eigenvalue weighted by atomic mass is 16.5. The van der Waals surface area contributed by atoms with Gasteiger partial charge >= 0.3 is 0 Å². The molecule has 0 fully saturated rings. The summed E-state index contributed by atoms with van der Waals surface area (Å²) in [5, 5.41) is 5.88. The van der Waals surface area contributed by atoms with Crippen molar-refractivity contribution >= 4 is 11.6 Å². The third kappa shape index (κ3) is 8.61. The molecule has 6 nitrogen and oxygen atoms in total. The van der Waals surface area contributed by atoms with Crippen molar-refractivity contribution in [3.63, 3.8) is 0 Å². The maximum atomic E-state index is 11.7. The van der Waals surface area contributed by atoms with Crippen LogP contribution in [0.2, 0.25) is 0 Å². The number of carbonyl (C=O) groups is 1. The van der Waals surface area contributed by atoms with Crippen LogP contribution in [0.1, 0.15) is 13.3 Å². The average molecular weight is 310 g/mol. The second-order valence-corrected chi connectivity index (χ2v) is 4.64. The van der Waals surface area contributed by atoms with Crippen molar-refractivity contribution in [1.29, 1.82) is 0 Å². The highest BCUT2D eigenvalue weighted by Crippen LogP contribution is 2.15. The Balaban J connectivity index is 2.21. The summed E-state index contributed by atoms with van der Waals surface area (Å²) in [4.78, 5) is 11.7. The van der Waals surface area contributed by atoms with Gasteiger partial charge in [-0.05, 0) is 44.2 Å². The van der Waals surface area contributed by atoms with E-state index in [1.54, 1.807) is 7.11 Å². The SMILES string of the molecule is CCOCCOc1ccc(NC(=O)CNCCCOC)cc1. The van der Waals surface area contributed by atoms with Gasteiger partial charge in [-0.25, -0.2) is 0 Å². The fraction of sp³-hybridized carbons (Fsp3) is 0.562. The van der Waals surface area contributed by atoms with Gasteiger partial charge in [0.1, 0.15) is 12.4 Å². The predicted molar refractivity (Wildman–Crippen MR) is 86.4 cm³/mol. The number of hydrogen-bond acceptors (Lipinski definition) is 5. The first-order valence-electron chi connectivity index (χ1n) is 7.56. The first-order chi connectivity index (χ1) is 10.8. The molecule has 6 heteroatoms. The van der Waals surface area contributed by atoms with Gasteiger partial charge in [0.05, 0.1) is 13.2 Å². The Bertz CT molecular complexity index is 409. The Labute approximate surface area is 132 Å². The number of nitrogens with one attached hydrogen (secondary N) is 2. The van der Waals surface area contributed by atoms with Crippen LogP contribution in [-0.4, -0.2) is 52.5 Å². The van der Waals surface area contributed by atoms with Crippen molar-refractivity contribution in [1.82, 2.24) is 5.32 Å². The van der Waals surface area contributed by atoms with E-state index in [1.165, 1.54) is 0 Å². The first kappa shape index (κ1) is 18.4. The summed E-state index contributed by atoms with van der Waals surface area (Å²) >= 11 is 0. The van der Waals surface area contributed by atoms with Crippen molar-refractivity contribution in [2.24, 2.45) is 0 Å². The topological polar surface area (TPSA) is 68.8 Å². The molecule has 0 spiro atoms. The normalized spacial score (nSPS) is 10.5. The zero-order chi connectivity index (χ0) is 16.0. The molecule has 0 aromatic heterocycles. The molecule has 0 aliphatic carbocycles. The maximum absolute atomic E-state index is 11.7. The van der Waals surface area contributed by atoms with Gasteiger partial charge in [-0.1, -0.05) is 0 Å². The Morgan fingerprint density at radius 1 is 1.14 bits per heavy atom. The van der Waals surface area contributed by atoms with Crippen molar-refractivity contribution in [2.45, 2.75) is 13.3 Å². The lowest BCUT2D eigenvalue weighted by Gasteiger charge is -2.09. The average Bonchev–Trinajstić information content (AvgIpc) is 2.53. The van der Waals surface area contributed by atoms with E-state index in [9.17, 15) is 4.79 Å². The molecular formula is C16H26N2O4. The van der Waals surface area contributed by atoms with Crippen LogP contribution in [0.25, 0.3) is 0 Å². The molecule has 1 aromatic carbocycles. The Hall–Kier alpha value is -1.63. The van der Waals surface area contributed by atoms with Crippen LogP contribution in [0.3, 0.4) is 0 Å². The number of anilines is 1. The summed E-state index contributed by atoms with van der Waals surface area (Å²) in [6.45, 7) is 5.47. The van der Waals surface area contributed by atoms with Gasteiger partial charge in [0.25, 0.3) is 0 Å². The van der Waals surface area contributed by atoms with Gasteiger partial charge in [-0.3, -0.25) is 4.79 Å². The number of carbonyl (C=O) groups excluding carboxylic acids is 1. The lowest BCUT2D eigenvalue weighted by atomic mass is 10.3. The van der Waals surface area contributed by atoms with Crippen LogP contribution in [0, 0.1) is 0 Å². The molecule has 1 amide bonds. The second-order valence-electron chi connectivity index (χ2n) is 4.64. The zero-order valence-corrected chi connectivity index (χ0v) is 13.4. The fourth-order valence-corrected chi connectivity index (χ4v) is 1.75. The molecular weight excluding hydrogens is 284 g/mol. The molecule has 0 heterocycles. The van der Waals surface area contributed by atoms with Gasteiger partial charge in [-0.15, -0.1) is 0 Å². The first-order valence-corrected chi connectivity index (χ1v) is 7.56. The molecule has 0 aliphatic heterocycles. The summed E-state index contributed by atoms with van der Waals surface area (Å²) in [7, 11) is 1.66.